The fraction of sp³-hybridized carbons (Fsp3) is 0.611. The summed E-state index contributed by atoms with van der Waals surface area (Å²) in [7, 11) is 1.94. The van der Waals surface area contributed by atoms with Gasteiger partial charge in [0.2, 0.25) is 5.91 Å². The highest BCUT2D eigenvalue weighted by Gasteiger charge is 2.27. The summed E-state index contributed by atoms with van der Waals surface area (Å²) in [6.07, 6.45) is 2.69. The molecule has 4 nitrogen and oxygen atoms in total. The van der Waals surface area contributed by atoms with Gasteiger partial charge in [-0.1, -0.05) is 26.0 Å². The van der Waals surface area contributed by atoms with Crippen molar-refractivity contribution in [3.8, 4) is 5.75 Å². The summed E-state index contributed by atoms with van der Waals surface area (Å²) in [5, 5.41) is 3.18. The Hall–Kier alpha value is -1.26. The number of rotatable bonds is 7. The summed E-state index contributed by atoms with van der Waals surface area (Å²) in [6, 6.07) is 8.26. The molecule has 1 heterocycles. The molecule has 1 aromatic rings. The molecule has 0 saturated carbocycles. The molecule has 5 heteroatoms. The van der Waals surface area contributed by atoms with E-state index in [9.17, 15) is 4.79 Å². The Labute approximate surface area is 146 Å². The number of hydrogen-bond donors (Lipinski definition) is 1. The summed E-state index contributed by atoms with van der Waals surface area (Å²) in [6.45, 7) is 6.75. The number of benzene rings is 1. The van der Waals surface area contributed by atoms with Crippen LogP contribution in [0.5, 0.6) is 5.75 Å². The van der Waals surface area contributed by atoms with Crippen molar-refractivity contribution in [2.75, 3.05) is 26.7 Å². The number of likely N-dealkylation sites (tertiary alicyclic amines) is 1. The van der Waals surface area contributed by atoms with Gasteiger partial charge in [0.25, 0.3) is 0 Å². The van der Waals surface area contributed by atoms with Crippen molar-refractivity contribution < 1.29 is 9.53 Å². The van der Waals surface area contributed by atoms with Crippen LogP contribution in [-0.4, -0.2) is 43.6 Å². The van der Waals surface area contributed by atoms with E-state index in [-0.39, 0.29) is 18.3 Å². The Morgan fingerprint density at radius 1 is 1.35 bits per heavy atom. The molecule has 1 aliphatic rings. The van der Waals surface area contributed by atoms with E-state index in [1.807, 2.05) is 36.2 Å². The summed E-state index contributed by atoms with van der Waals surface area (Å²) < 4.78 is 5.67. The SMILES string of the molecule is CNCC1CCCN1C(=O)Cc1ccc(OCC(C)C)cc1.Cl. The van der Waals surface area contributed by atoms with Crippen LogP contribution < -0.4 is 10.1 Å². The van der Waals surface area contributed by atoms with E-state index in [0.29, 0.717) is 18.4 Å². The first-order chi connectivity index (χ1) is 10.6. The molecular weight excluding hydrogens is 312 g/mol. The molecule has 0 radical (unpaired) electrons. The molecule has 130 valence electrons. The number of likely N-dealkylation sites (N-methyl/N-ethyl adjacent to an activating group) is 1. The molecule has 2 rings (SSSR count). The Balaban J connectivity index is 0.00000264. The number of amides is 1. The molecule has 1 aromatic carbocycles. The zero-order valence-corrected chi connectivity index (χ0v) is 15.2. The summed E-state index contributed by atoms with van der Waals surface area (Å²) in [4.78, 5) is 14.5. The predicted molar refractivity (Wildman–Crippen MR) is 96.4 cm³/mol. The monoisotopic (exact) mass is 340 g/mol. The van der Waals surface area contributed by atoms with Crippen LogP contribution in [-0.2, 0) is 11.2 Å². The van der Waals surface area contributed by atoms with Crippen LogP contribution in [0.4, 0.5) is 0 Å². The van der Waals surface area contributed by atoms with Gasteiger partial charge in [-0.15, -0.1) is 12.4 Å². The molecule has 1 saturated heterocycles. The molecule has 0 spiro atoms. The van der Waals surface area contributed by atoms with E-state index in [4.69, 9.17) is 4.74 Å². The van der Waals surface area contributed by atoms with Crippen LogP contribution in [0.15, 0.2) is 24.3 Å². The van der Waals surface area contributed by atoms with Gasteiger partial charge in [-0.2, -0.15) is 0 Å². The molecule has 1 fully saturated rings. The molecule has 1 unspecified atom stereocenters. The highest BCUT2D eigenvalue weighted by molar-refractivity contribution is 5.85. The van der Waals surface area contributed by atoms with Crippen LogP contribution in [0, 0.1) is 5.92 Å². The number of nitrogens with zero attached hydrogens (tertiary/aromatic N) is 1. The second-order valence-corrected chi connectivity index (χ2v) is 6.47. The quantitative estimate of drug-likeness (QED) is 0.829. The molecule has 1 aliphatic heterocycles. The van der Waals surface area contributed by atoms with Crippen molar-refractivity contribution in [1.29, 1.82) is 0 Å². The van der Waals surface area contributed by atoms with Crippen molar-refractivity contribution >= 4 is 18.3 Å². The molecule has 1 atom stereocenters. The lowest BCUT2D eigenvalue weighted by Gasteiger charge is -2.24. The van der Waals surface area contributed by atoms with Crippen molar-refractivity contribution in [3.63, 3.8) is 0 Å². The Kier molecular flexibility index (Phi) is 8.42. The zero-order valence-electron chi connectivity index (χ0n) is 14.4. The van der Waals surface area contributed by atoms with E-state index >= 15 is 0 Å². The minimum atomic E-state index is 0. The summed E-state index contributed by atoms with van der Waals surface area (Å²) >= 11 is 0. The van der Waals surface area contributed by atoms with Gasteiger partial charge >= 0.3 is 0 Å². The predicted octanol–water partition coefficient (Wildman–Crippen LogP) is 2.90. The van der Waals surface area contributed by atoms with E-state index in [0.717, 1.165) is 43.9 Å². The average molecular weight is 341 g/mol. The number of halogens is 1. The van der Waals surface area contributed by atoms with Gasteiger partial charge < -0.3 is 15.0 Å². The Morgan fingerprint density at radius 3 is 2.65 bits per heavy atom. The molecular formula is C18H29ClN2O2. The van der Waals surface area contributed by atoms with E-state index in [1.165, 1.54) is 0 Å². The molecule has 23 heavy (non-hydrogen) atoms. The molecule has 1 N–H and O–H groups in total. The highest BCUT2D eigenvalue weighted by Crippen LogP contribution is 2.19. The first-order valence-corrected chi connectivity index (χ1v) is 8.26. The normalized spacial score (nSPS) is 17.2. The van der Waals surface area contributed by atoms with Gasteiger partial charge in [-0.3, -0.25) is 4.79 Å². The maximum absolute atomic E-state index is 12.5. The fourth-order valence-corrected chi connectivity index (χ4v) is 2.85. The topological polar surface area (TPSA) is 41.6 Å². The van der Waals surface area contributed by atoms with Gasteiger partial charge in [0.15, 0.2) is 0 Å². The lowest BCUT2D eigenvalue weighted by atomic mass is 10.1. The maximum atomic E-state index is 12.5. The van der Waals surface area contributed by atoms with Crippen LogP contribution in [0.1, 0.15) is 32.3 Å². The van der Waals surface area contributed by atoms with Gasteiger partial charge in [0.05, 0.1) is 13.0 Å². The van der Waals surface area contributed by atoms with Gasteiger partial charge in [0.1, 0.15) is 5.75 Å². The van der Waals surface area contributed by atoms with Crippen LogP contribution in [0.3, 0.4) is 0 Å². The number of carbonyl (C=O) groups is 1. The first kappa shape index (κ1) is 19.8. The van der Waals surface area contributed by atoms with Crippen molar-refractivity contribution in [2.24, 2.45) is 5.92 Å². The van der Waals surface area contributed by atoms with Crippen LogP contribution in [0.25, 0.3) is 0 Å². The van der Waals surface area contributed by atoms with E-state index in [1.54, 1.807) is 0 Å². The third-order valence-electron chi connectivity index (χ3n) is 4.00. The minimum absolute atomic E-state index is 0. The highest BCUT2D eigenvalue weighted by atomic mass is 35.5. The number of carbonyl (C=O) groups excluding carboxylic acids is 1. The zero-order chi connectivity index (χ0) is 15.9. The second-order valence-electron chi connectivity index (χ2n) is 6.47. The minimum Gasteiger partial charge on any atom is -0.493 e. The molecule has 0 bridgehead atoms. The van der Waals surface area contributed by atoms with Gasteiger partial charge in [-0.05, 0) is 43.5 Å². The number of hydrogen-bond acceptors (Lipinski definition) is 3. The first-order valence-electron chi connectivity index (χ1n) is 8.26. The summed E-state index contributed by atoms with van der Waals surface area (Å²) in [5.74, 6) is 1.62. The standard InChI is InChI=1S/C18H28N2O2.ClH/c1-14(2)13-22-17-8-6-15(7-9-17)11-18(21)20-10-4-5-16(20)12-19-3;/h6-9,14,16,19H,4-5,10-13H2,1-3H3;1H. The fourth-order valence-electron chi connectivity index (χ4n) is 2.85. The Morgan fingerprint density at radius 2 is 2.04 bits per heavy atom. The Bertz CT molecular complexity index is 476. The van der Waals surface area contributed by atoms with Gasteiger partial charge in [0, 0.05) is 19.1 Å². The smallest absolute Gasteiger partial charge is 0.227 e. The average Bonchev–Trinajstić information content (AvgIpc) is 2.95. The maximum Gasteiger partial charge on any atom is 0.227 e. The van der Waals surface area contributed by atoms with E-state index < -0.39 is 0 Å². The van der Waals surface area contributed by atoms with Gasteiger partial charge in [-0.25, -0.2) is 0 Å². The van der Waals surface area contributed by atoms with Crippen LogP contribution in [0.2, 0.25) is 0 Å². The third kappa shape index (κ3) is 6.04. The third-order valence-corrected chi connectivity index (χ3v) is 4.00. The molecule has 1 amide bonds. The lowest BCUT2D eigenvalue weighted by Crippen LogP contribution is -2.41. The van der Waals surface area contributed by atoms with Crippen LogP contribution >= 0.6 is 12.4 Å². The lowest BCUT2D eigenvalue weighted by molar-refractivity contribution is -0.131. The molecule has 0 aliphatic carbocycles. The second kappa shape index (κ2) is 9.78. The summed E-state index contributed by atoms with van der Waals surface area (Å²) in [5.41, 5.74) is 1.05. The molecule has 0 aromatic heterocycles. The number of nitrogens with one attached hydrogen (secondary N) is 1. The van der Waals surface area contributed by atoms with Crippen molar-refractivity contribution in [2.45, 2.75) is 39.2 Å². The number of ether oxygens (including phenoxy) is 1. The van der Waals surface area contributed by atoms with Crippen molar-refractivity contribution in [1.82, 2.24) is 10.2 Å². The van der Waals surface area contributed by atoms with E-state index in [2.05, 4.69) is 19.2 Å². The largest absolute Gasteiger partial charge is 0.493 e. The van der Waals surface area contributed by atoms with Crippen molar-refractivity contribution in [3.05, 3.63) is 29.8 Å².